The second-order valence-electron chi connectivity index (χ2n) is 6.94. The molecule has 2 N–H and O–H groups in total. The summed E-state index contributed by atoms with van der Waals surface area (Å²) in [5.74, 6) is 0.541. The van der Waals surface area contributed by atoms with Crippen molar-refractivity contribution in [3.8, 4) is 0 Å². The largest absolute Gasteiger partial charge is 0.369 e. The molecule has 20 heavy (non-hydrogen) atoms. The van der Waals surface area contributed by atoms with Crippen molar-refractivity contribution in [2.75, 3.05) is 0 Å². The van der Waals surface area contributed by atoms with Crippen molar-refractivity contribution in [3.05, 3.63) is 0 Å². The smallest absolute Gasteiger partial charge is 0.224 e. The molecule has 1 amide bonds. The lowest BCUT2D eigenvalue weighted by atomic mass is 9.65. The van der Waals surface area contributed by atoms with Gasteiger partial charge in [0.15, 0.2) is 0 Å². The van der Waals surface area contributed by atoms with E-state index in [-0.39, 0.29) is 11.3 Å². The SMILES string of the molecule is CCCCCCCCCCC(C(N)=O)(C(C)C)C(C)C. The van der Waals surface area contributed by atoms with E-state index < -0.39 is 0 Å². The summed E-state index contributed by atoms with van der Waals surface area (Å²) in [6.07, 6.45) is 11.4. The third kappa shape index (κ3) is 5.85. The van der Waals surface area contributed by atoms with Crippen LogP contribution in [0.5, 0.6) is 0 Å². The summed E-state index contributed by atoms with van der Waals surface area (Å²) in [6, 6.07) is 0. The molecule has 0 saturated carbocycles. The van der Waals surface area contributed by atoms with Gasteiger partial charge >= 0.3 is 0 Å². The molecule has 0 aromatic carbocycles. The molecule has 0 heterocycles. The molecule has 2 nitrogen and oxygen atoms in total. The first kappa shape index (κ1) is 19.5. The Labute approximate surface area is 126 Å². The van der Waals surface area contributed by atoms with E-state index in [4.69, 9.17) is 5.73 Å². The monoisotopic (exact) mass is 283 g/mol. The maximum Gasteiger partial charge on any atom is 0.224 e. The maximum absolute atomic E-state index is 12.0. The van der Waals surface area contributed by atoms with Crippen LogP contribution in [0.1, 0.15) is 92.4 Å². The van der Waals surface area contributed by atoms with E-state index in [1.165, 1.54) is 44.9 Å². The first-order chi connectivity index (χ1) is 9.39. The van der Waals surface area contributed by atoms with Crippen LogP contribution in [-0.2, 0) is 4.79 Å². The van der Waals surface area contributed by atoms with E-state index in [1.54, 1.807) is 0 Å². The summed E-state index contributed by atoms with van der Waals surface area (Å²) in [5, 5.41) is 0. The molecule has 0 aliphatic carbocycles. The molecule has 0 atom stereocenters. The molecule has 0 aromatic rings. The molecule has 0 fully saturated rings. The number of hydrogen-bond donors (Lipinski definition) is 1. The predicted octanol–water partition coefficient (Wildman–Crippen LogP) is 5.30. The number of nitrogens with two attached hydrogens (primary N) is 1. The van der Waals surface area contributed by atoms with Crippen molar-refractivity contribution in [3.63, 3.8) is 0 Å². The van der Waals surface area contributed by atoms with Crippen LogP contribution in [0.15, 0.2) is 0 Å². The van der Waals surface area contributed by atoms with E-state index in [2.05, 4.69) is 34.6 Å². The Morgan fingerprint density at radius 3 is 1.60 bits per heavy atom. The fourth-order valence-electron chi connectivity index (χ4n) is 3.49. The molecule has 2 heteroatoms. The van der Waals surface area contributed by atoms with Crippen LogP contribution in [0.3, 0.4) is 0 Å². The second kappa shape index (κ2) is 10.2. The molecule has 0 aliphatic heterocycles. The van der Waals surface area contributed by atoms with E-state index in [0.29, 0.717) is 11.8 Å². The van der Waals surface area contributed by atoms with Gasteiger partial charge in [-0.2, -0.15) is 0 Å². The fraction of sp³-hybridized carbons (Fsp3) is 0.944. The zero-order chi connectivity index (χ0) is 15.6. The van der Waals surface area contributed by atoms with E-state index in [0.717, 1.165) is 12.8 Å². The lowest BCUT2D eigenvalue weighted by molar-refractivity contribution is -0.134. The molecule has 0 aliphatic rings. The molecule has 0 saturated heterocycles. The Kier molecular flexibility index (Phi) is 9.96. The number of hydrogen-bond acceptors (Lipinski definition) is 1. The van der Waals surface area contributed by atoms with Crippen molar-refractivity contribution in [1.82, 2.24) is 0 Å². The highest BCUT2D eigenvalue weighted by atomic mass is 16.1. The summed E-state index contributed by atoms with van der Waals surface area (Å²) < 4.78 is 0. The van der Waals surface area contributed by atoms with Gasteiger partial charge in [0.25, 0.3) is 0 Å². The number of primary amides is 1. The summed E-state index contributed by atoms with van der Waals surface area (Å²) in [5.41, 5.74) is 5.41. The van der Waals surface area contributed by atoms with E-state index >= 15 is 0 Å². The summed E-state index contributed by atoms with van der Waals surface area (Å²) in [7, 11) is 0. The van der Waals surface area contributed by atoms with Crippen LogP contribution in [0, 0.1) is 17.3 Å². The van der Waals surface area contributed by atoms with Gasteiger partial charge in [-0.05, 0) is 18.3 Å². The third-order valence-electron chi connectivity index (χ3n) is 4.96. The summed E-state index contributed by atoms with van der Waals surface area (Å²) >= 11 is 0. The van der Waals surface area contributed by atoms with Crippen LogP contribution in [0.25, 0.3) is 0 Å². The number of amides is 1. The first-order valence-corrected chi connectivity index (χ1v) is 8.69. The Morgan fingerprint density at radius 2 is 1.25 bits per heavy atom. The molecule has 0 aromatic heterocycles. The first-order valence-electron chi connectivity index (χ1n) is 8.69. The minimum atomic E-state index is -0.317. The Bertz CT molecular complexity index is 250. The van der Waals surface area contributed by atoms with Gasteiger partial charge in [-0.15, -0.1) is 0 Å². The van der Waals surface area contributed by atoms with Crippen molar-refractivity contribution in [2.24, 2.45) is 23.0 Å². The molecule has 0 spiro atoms. The van der Waals surface area contributed by atoms with Crippen LogP contribution >= 0.6 is 0 Å². The molecular formula is C18H37NO. The van der Waals surface area contributed by atoms with Gasteiger partial charge in [0, 0.05) is 0 Å². The Hall–Kier alpha value is -0.530. The minimum Gasteiger partial charge on any atom is -0.369 e. The molecule has 0 bridgehead atoms. The van der Waals surface area contributed by atoms with Crippen LogP contribution < -0.4 is 5.73 Å². The summed E-state index contributed by atoms with van der Waals surface area (Å²) in [6.45, 7) is 10.8. The molecule has 0 radical (unpaired) electrons. The topological polar surface area (TPSA) is 43.1 Å². The summed E-state index contributed by atoms with van der Waals surface area (Å²) in [4.78, 5) is 12.0. The van der Waals surface area contributed by atoms with Crippen LogP contribution in [0.4, 0.5) is 0 Å². The Morgan fingerprint density at radius 1 is 0.850 bits per heavy atom. The molecular weight excluding hydrogens is 246 g/mol. The quantitative estimate of drug-likeness (QED) is 0.485. The average Bonchev–Trinajstić information content (AvgIpc) is 2.35. The third-order valence-corrected chi connectivity index (χ3v) is 4.96. The van der Waals surface area contributed by atoms with Gasteiger partial charge < -0.3 is 5.73 Å². The number of unbranched alkanes of at least 4 members (excludes halogenated alkanes) is 7. The predicted molar refractivity (Wildman–Crippen MR) is 88.5 cm³/mol. The van der Waals surface area contributed by atoms with Gasteiger partial charge in [0.05, 0.1) is 5.41 Å². The van der Waals surface area contributed by atoms with E-state index in [9.17, 15) is 4.79 Å². The fourth-order valence-corrected chi connectivity index (χ4v) is 3.49. The standard InChI is InChI=1S/C18H37NO/c1-6-7-8-9-10-11-12-13-14-18(15(2)3,16(4)5)17(19)20/h15-16H,6-14H2,1-5H3,(H2,19,20). The molecule has 0 rings (SSSR count). The lowest BCUT2D eigenvalue weighted by Crippen LogP contribution is -2.45. The average molecular weight is 284 g/mol. The van der Waals surface area contributed by atoms with Gasteiger partial charge in [-0.1, -0.05) is 86.0 Å². The van der Waals surface area contributed by atoms with Crippen molar-refractivity contribution in [1.29, 1.82) is 0 Å². The van der Waals surface area contributed by atoms with Crippen LogP contribution in [0.2, 0.25) is 0 Å². The van der Waals surface area contributed by atoms with Crippen molar-refractivity contribution >= 4 is 5.91 Å². The number of carbonyl (C=O) groups is 1. The second-order valence-corrected chi connectivity index (χ2v) is 6.94. The molecule has 120 valence electrons. The highest BCUT2D eigenvalue weighted by Gasteiger charge is 2.41. The lowest BCUT2D eigenvalue weighted by Gasteiger charge is -2.38. The zero-order valence-corrected chi connectivity index (χ0v) is 14.5. The van der Waals surface area contributed by atoms with Gasteiger partial charge in [0.2, 0.25) is 5.91 Å². The van der Waals surface area contributed by atoms with E-state index in [1.807, 2.05) is 0 Å². The van der Waals surface area contributed by atoms with Crippen molar-refractivity contribution < 1.29 is 4.79 Å². The molecule has 0 unspecified atom stereocenters. The van der Waals surface area contributed by atoms with Crippen molar-refractivity contribution in [2.45, 2.75) is 92.4 Å². The van der Waals surface area contributed by atoms with Gasteiger partial charge in [-0.3, -0.25) is 4.79 Å². The minimum absolute atomic E-state index is 0.106. The maximum atomic E-state index is 12.0. The number of carbonyl (C=O) groups excluding carboxylic acids is 1. The van der Waals surface area contributed by atoms with Crippen LogP contribution in [-0.4, -0.2) is 5.91 Å². The number of rotatable bonds is 12. The highest BCUT2D eigenvalue weighted by Crippen LogP contribution is 2.40. The Balaban J connectivity index is 4.07. The zero-order valence-electron chi connectivity index (χ0n) is 14.5. The highest BCUT2D eigenvalue weighted by molar-refractivity contribution is 5.81. The van der Waals surface area contributed by atoms with Gasteiger partial charge in [0.1, 0.15) is 0 Å². The normalized spacial score (nSPS) is 12.3. The van der Waals surface area contributed by atoms with Gasteiger partial charge in [-0.25, -0.2) is 0 Å².